The maximum absolute atomic E-state index is 11.7. The molecule has 6 heteroatoms. The maximum atomic E-state index is 11.7. The molecule has 2 aromatic carbocycles. The van der Waals surface area contributed by atoms with Crippen LogP contribution >= 0.6 is 0 Å². The molecule has 3 aromatic rings. The first-order valence-electron chi connectivity index (χ1n) is 8.48. The fourth-order valence-corrected chi connectivity index (χ4v) is 2.86. The number of anilines is 2. The largest absolute Gasteiger partial charge is 0.385 e. The average Bonchev–Trinajstić information content (AvgIpc) is 2.67. The molecule has 0 spiro atoms. The van der Waals surface area contributed by atoms with E-state index in [1.165, 1.54) is 12.3 Å². The second kappa shape index (κ2) is 7.70. The van der Waals surface area contributed by atoms with Crippen molar-refractivity contribution >= 4 is 17.2 Å². The van der Waals surface area contributed by atoms with Crippen molar-refractivity contribution < 1.29 is 0 Å². The van der Waals surface area contributed by atoms with Crippen LogP contribution in [-0.4, -0.2) is 4.57 Å². The molecule has 0 aliphatic carbocycles. The molecule has 0 aliphatic rings. The molecule has 3 rings (SSSR count). The molecule has 0 fully saturated rings. The molecule has 0 bridgehead atoms. The topological polar surface area (TPSA) is 89.5 Å². The van der Waals surface area contributed by atoms with Crippen LogP contribution in [0.2, 0.25) is 0 Å². The highest BCUT2D eigenvalue weighted by molar-refractivity contribution is 5.73. The van der Waals surface area contributed by atoms with Crippen LogP contribution in [0.1, 0.15) is 12.5 Å². The van der Waals surface area contributed by atoms with Gasteiger partial charge >= 0.3 is 0 Å². The molecule has 6 nitrogen and oxygen atoms in total. The van der Waals surface area contributed by atoms with Gasteiger partial charge in [0.15, 0.2) is 5.69 Å². The summed E-state index contributed by atoms with van der Waals surface area (Å²) < 4.78 is 1.59. The highest BCUT2D eigenvalue weighted by Crippen LogP contribution is 2.29. The Labute approximate surface area is 156 Å². The van der Waals surface area contributed by atoms with Crippen LogP contribution in [-0.2, 0) is 0 Å². The summed E-state index contributed by atoms with van der Waals surface area (Å²) in [5.74, 6) is 0.241. The molecular weight excluding hydrogens is 340 g/mol. The van der Waals surface area contributed by atoms with Crippen molar-refractivity contribution in [1.82, 2.24) is 4.57 Å². The standard InChI is InChI=1S/C21H20N4O2/c1-3-9-23-16-6-4-5-15(10-16)18-11-17(8-7-14(18)2)25-13-19(24-27)20(26)12-21(25)22/h3-13,23H,22H2,1-2H3/b9-3-. The molecule has 0 aliphatic heterocycles. The Bertz CT molecular complexity index is 1080. The highest BCUT2D eigenvalue weighted by atomic mass is 16.3. The maximum Gasteiger partial charge on any atom is 0.212 e. The van der Waals surface area contributed by atoms with Gasteiger partial charge in [0.1, 0.15) is 5.82 Å². The van der Waals surface area contributed by atoms with Gasteiger partial charge in [-0.2, -0.15) is 0 Å². The number of nitrogen functional groups attached to an aromatic ring is 1. The summed E-state index contributed by atoms with van der Waals surface area (Å²) >= 11 is 0. The lowest BCUT2D eigenvalue weighted by molar-refractivity contribution is 1.05. The van der Waals surface area contributed by atoms with Crippen molar-refractivity contribution in [2.24, 2.45) is 5.18 Å². The number of nitrogens with one attached hydrogen (secondary N) is 1. The smallest absolute Gasteiger partial charge is 0.212 e. The first kappa shape index (κ1) is 18.1. The Balaban J connectivity index is 2.11. The third kappa shape index (κ3) is 3.79. The van der Waals surface area contributed by atoms with Gasteiger partial charge in [0.2, 0.25) is 5.43 Å². The normalized spacial score (nSPS) is 10.9. The SMILES string of the molecule is C/C=C\Nc1cccc(-c2cc(-n3cc(N=O)c(=O)cc3N)ccc2C)c1. The summed E-state index contributed by atoms with van der Waals surface area (Å²) in [5, 5.41) is 6.00. The molecule has 0 atom stereocenters. The number of aromatic nitrogens is 1. The summed E-state index contributed by atoms with van der Waals surface area (Å²) in [5.41, 5.74) is 10.2. The monoisotopic (exact) mass is 360 g/mol. The number of aryl methyl sites for hydroxylation is 1. The summed E-state index contributed by atoms with van der Waals surface area (Å²) in [7, 11) is 0. The first-order valence-corrected chi connectivity index (χ1v) is 8.48. The van der Waals surface area contributed by atoms with E-state index in [0.717, 1.165) is 28.1 Å². The summed E-state index contributed by atoms with van der Waals surface area (Å²) in [6.07, 6.45) is 5.16. The van der Waals surface area contributed by atoms with Gasteiger partial charge in [-0.05, 0) is 66.2 Å². The van der Waals surface area contributed by atoms with Crippen LogP contribution < -0.4 is 16.5 Å². The molecule has 27 heavy (non-hydrogen) atoms. The van der Waals surface area contributed by atoms with Crippen LogP contribution in [0.3, 0.4) is 0 Å². The number of benzene rings is 2. The van der Waals surface area contributed by atoms with Crippen molar-refractivity contribution in [3.05, 3.63) is 87.7 Å². The first-order chi connectivity index (χ1) is 13.0. The zero-order valence-corrected chi connectivity index (χ0v) is 15.1. The predicted molar refractivity (Wildman–Crippen MR) is 111 cm³/mol. The minimum Gasteiger partial charge on any atom is -0.385 e. The van der Waals surface area contributed by atoms with Gasteiger partial charge in [-0.25, -0.2) is 0 Å². The van der Waals surface area contributed by atoms with E-state index in [-0.39, 0.29) is 11.5 Å². The van der Waals surface area contributed by atoms with Crippen molar-refractivity contribution in [1.29, 1.82) is 0 Å². The van der Waals surface area contributed by atoms with Crippen LogP contribution in [0.25, 0.3) is 16.8 Å². The summed E-state index contributed by atoms with van der Waals surface area (Å²) in [6, 6.07) is 15.1. The lowest BCUT2D eigenvalue weighted by Crippen LogP contribution is -2.10. The van der Waals surface area contributed by atoms with Crippen LogP contribution in [0.5, 0.6) is 0 Å². The molecule has 1 aromatic heterocycles. The van der Waals surface area contributed by atoms with E-state index in [4.69, 9.17) is 5.73 Å². The number of nitrogens with zero attached hydrogens (tertiary/aromatic N) is 2. The molecule has 0 saturated heterocycles. The van der Waals surface area contributed by atoms with E-state index >= 15 is 0 Å². The summed E-state index contributed by atoms with van der Waals surface area (Å²) in [6.45, 7) is 3.97. The minimum atomic E-state index is -0.492. The second-order valence-corrected chi connectivity index (χ2v) is 6.13. The Morgan fingerprint density at radius 3 is 2.70 bits per heavy atom. The number of pyridine rings is 1. The molecule has 1 heterocycles. The number of nitroso groups, excluding NO2 is 1. The Hall–Kier alpha value is -3.67. The molecule has 136 valence electrons. The lowest BCUT2D eigenvalue weighted by Gasteiger charge is -2.14. The fourth-order valence-electron chi connectivity index (χ4n) is 2.86. The van der Waals surface area contributed by atoms with Gasteiger partial charge in [-0.15, -0.1) is 4.91 Å². The number of allylic oxidation sites excluding steroid dienone is 1. The quantitative estimate of drug-likeness (QED) is 0.643. The number of hydrogen-bond donors (Lipinski definition) is 2. The summed E-state index contributed by atoms with van der Waals surface area (Å²) in [4.78, 5) is 22.6. The Morgan fingerprint density at radius 2 is 1.96 bits per heavy atom. The van der Waals surface area contributed by atoms with Crippen LogP contribution in [0.15, 0.2) is 77.0 Å². The number of rotatable bonds is 5. The number of hydrogen-bond acceptors (Lipinski definition) is 5. The van der Waals surface area contributed by atoms with Crippen LogP contribution in [0, 0.1) is 11.8 Å². The highest BCUT2D eigenvalue weighted by Gasteiger charge is 2.10. The van der Waals surface area contributed by atoms with Gasteiger partial charge in [0.05, 0.1) is 0 Å². The van der Waals surface area contributed by atoms with Gasteiger partial charge in [-0.1, -0.05) is 24.3 Å². The predicted octanol–water partition coefficient (Wildman–Crippen LogP) is 4.74. The lowest BCUT2D eigenvalue weighted by atomic mass is 9.99. The molecule has 0 amide bonds. The van der Waals surface area contributed by atoms with E-state index in [0.29, 0.717) is 0 Å². The number of nitrogens with two attached hydrogens (primary N) is 1. The van der Waals surface area contributed by atoms with E-state index in [1.54, 1.807) is 4.57 Å². The third-order valence-corrected chi connectivity index (χ3v) is 4.25. The second-order valence-electron chi connectivity index (χ2n) is 6.13. The zero-order chi connectivity index (χ0) is 19.4. The van der Waals surface area contributed by atoms with Crippen LogP contribution in [0.4, 0.5) is 17.2 Å². The molecule has 0 saturated carbocycles. The van der Waals surface area contributed by atoms with Crippen molar-refractivity contribution in [3.63, 3.8) is 0 Å². The average molecular weight is 360 g/mol. The Kier molecular flexibility index (Phi) is 5.17. The zero-order valence-electron chi connectivity index (χ0n) is 15.1. The third-order valence-electron chi connectivity index (χ3n) is 4.25. The van der Waals surface area contributed by atoms with Gasteiger partial charge in [0, 0.05) is 23.6 Å². The van der Waals surface area contributed by atoms with Gasteiger partial charge in [-0.3, -0.25) is 4.79 Å². The van der Waals surface area contributed by atoms with Gasteiger partial charge in [0.25, 0.3) is 0 Å². The van der Waals surface area contributed by atoms with E-state index in [9.17, 15) is 9.70 Å². The van der Waals surface area contributed by atoms with Crippen molar-refractivity contribution in [2.45, 2.75) is 13.8 Å². The van der Waals surface area contributed by atoms with Gasteiger partial charge < -0.3 is 15.6 Å². The molecular formula is C21H20N4O2. The fraction of sp³-hybridized carbons (Fsp3) is 0.0952. The molecule has 0 radical (unpaired) electrons. The van der Waals surface area contributed by atoms with Crippen molar-refractivity contribution in [2.75, 3.05) is 11.1 Å². The molecule has 3 N–H and O–H groups in total. The minimum absolute atomic E-state index is 0.177. The molecule has 0 unspecified atom stereocenters. The van der Waals surface area contributed by atoms with E-state index < -0.39 is 5.43 Å². The van der Waals surface area contributed by atoms with E-state index in [2.05, 4.69) is 16.6 Å². The Morgan fingerprint density at radius 1 is 1.15 bits per heavy atom. The van der Waals surface area contributed by atoms with E-state index in [1.807, 2.05) is 62.5 Å². The van der Waals surface area contributed by atoms with Crippen molar-refractivity contribution in [3.8, 4) is 16.8 Å².